The van der Waals surface area contributed by atoms with Gasteiger partial charge in [0, 0.05) is 30.5 Å². The number of rotatable bonds is 5. The standard InChI is InChI=1S/C19H17F3N2O4S/c20-13-5-6-14-16(11-13)28-23-18(14)12-7-9-24(10-8-12)29(25,26)17-4-2-1-3-15(17)27-19(21)22/h1-6,11-12,19H,7-10H2. The van der Waals surface area contributed by atoms with Crippen molar-refractivity contribution < 1.29 is 30.8 Å². The quantitative estimate of drug-likeness (QED) is 0.613. The summed E-state index contributed by atoms with van der Waals surface area (Å²) in [5.74, 6) is -0.861. The molecule has 154 valence electrons. The number of fused-ring (bicyclic) bond motifs is 1. The predicted molar refractivity (Wildman–Crippen MR) is 97.8 cm³/mol. The molecule has 0 N–H and O–H groups in total. The van der Waals surface area contributed by atoms with Crippen molar-refractivity contribution in [1.29, 1.82) is 0 Å². The van der Waals surface area contributed by atoms with Crippen LogP contribution in [0, 0.1) is 5.82 Å². The third kappa shape index (κ3) is 3.82. The van der Waals surface area contributed by atoms with Crippen molar-refractivity contribution in [2.45, 2.75) is 30.3 Å². The van der Waals surface area contributed by atoms with Crippen molar-refractivity contribution in [2.24, 2.45) is 0 Å². The van der Waals surface area contributed by atoms with E-state index >= 15 is 0 Å². The number of aromatic nitrogens is 1. The van der Waals surface area contributed by atoms with Gasteiger partial charge in [-0.15, -0.1) is 0 Å². The average Bonchev–Trinajstić information content (AvgIpc) is 3.11. The summed E-state index contributed by atoms with van der Waals surface area (Å²) in [7, 11) is -4.00. The molecule has 0 amide bonds. The number of alkyl halides is 2. The van der Waals surface area contributed by atoms with E-state index in [0.717, 1.165) is 0 Å². The van der Waals surface area contributed by atoms with Crippen molar-refractivity contribution in [1.82, 2.24) is 9.46 Å². The SMILES string of the molecule is O=S(=O)(c1ccccc1OC(F)F)N1CCC(c2noc3cc(F)ccc23)CC1. The largest absolute Gasteiger partial charge is 0.433 e. The molecule has 1 aliphatic heterocycles. The van der Waals surface area contributed by atoms with Crippen LogP contribution in [0.5, 0.6) is 5.75 Å². The van der Waals surface area contributed by atoms with E-state index < -0.39 is 22.5 Å². The molecule has 10 heteroatoms. The molecule has 6 nitrogen and oxygen atoms in total. The summed E-state index contributed by atoms with van der Waals surface area (Å²) in [5.41, 5.74) is 1.01. The molecule has 1 saturated heterocycles. The number of ether oxygens (including phenoxy) is 1. The van der Waals surface area contributed by atoms with Crippen molar-refractivity contribution in [3.8, 4) is 5.75 Å². The minimum absolute atomic E-state index is 0.0549. The summed E-state index contributed by atoms with van der Waals surface area (Å²) in [5, 5.41) is 4.74. The molecule has 1 aliphatic rings. The minimum atomic E-state index is -4.00. The van der Waals surface area contributed by atoms with Gasteiger partial charge in [0.1, 0.15) is 16.5 Å². The predicted octanol–water partition coefficient (Wildman–Crippen LogP) is 4.14. The smallest absolute Gasteiger partial charge is 0.387 e. The Morgan fingerprint density at radius 3 is 2.59 bits per heavy atom. The fourth-order valence-corrected chi connectivity index (χ4v) is 5.18. The lowest BCUT2D eigenvalue weighted by atomic mass is 9.92. The maximum atomic E-state index is 13.3. The van der Waals surface area contributed by atoms with Crippen LogP contribution in [0.2, 0.25) is 0 Å². The molecule has 0 atom stereocenters. The number of hydrogen-bond acceptors (Lipinski definition) is 5. The number of para-hydroxylation sites is 1. The molecule has 2 aromatic carbocycles. The first-order valence-corrected chi connectivity index (χ1v) is 10.4. The number of hydrogen-bond donors (Lipinski definition) is 0. The summed E-state index contributed by atoms with van der Waals surface area (Å²) in [4.78, 5) is -0.291. The maximum Gasteiger partial charge on any atom is 0.387 e. The van der Waals surface area contributed by atoms with Gasteiger partial charge in [0.2, 0.25) is 10.0 Å². The van der Waals surface area contributed by atoms with E-state index in [1.54, 1.807) is 6.07 Å². The van der Waals surface area contributed by atoms with Gasteiger partial charge in [-0.1, -0.05) is 17.3 Å². The van der Waals surface area contributed by atoms with Gasteiger partial charge in [0.25, 0.3) is 0 Å². The Bertz CT molecular complexity index is 1130. The van der Waals surface area contributed by atoms with Gasteiger partial charge in [-0.2, -0.15) is 13.1 Å². The van der Waals surface area contributed by atoms with Gasteiger partial charge < -0.3 is 9.26 Å². The molecule has 4 rings (SSSR count). The number of benzene rings is 2. The number of nitrogens with zero attached hydrogens (tertiary/aromatic N) is 2. The van der Waals surface area contributed by atoms with Gasteiger partial charge in [-0.05, 0) is 37.1 Å². The van der Waals surface area contributed by atoms with Gasteiger partial charge in [-0.3, -0.25) is 0 Å². The highest BCUT2D eigenvalue weighted by Crippen LogP contribution is 2.36. The average molecular weight is 426 g/mol. The first-order valence-electron chi connectivity index (χ1n) is 8.95. The lowest BCUT2D eigenvalue weighted by Crippen LogP contribution is -2.38. The van der Waals surface area contributed by atoms with E-state index in [9.17, 15) is 21.6 Å². The molecule has 0 unspecified atom stereocenters. The first kappa shape index (κ1) is 19.7. The van der Waals surface area contributed by atoms with Crippen LogP contribution in [0.3, 0.4) is 0 Å². The first-order chi connectivity index (χ1) is 13.9. The van der Waals surface area contributed by atoms with Crippen LogP contribution >= 0.6 is 0 Å². The topological polar surface area (TPSA) is 72.6 Å². The fraction of sp³-hybridized carbons (Fsp3) is 0.316. The Hall–Kier alpha value is -2.59. The molecule has 0 radical (unpaired) electrons. The second-order valence-electron chi connectivity index (χ2n) is 6.71. The zero-order valence-corrected chi connectivity index (χ0v) is 15.9. The second kappa shape index (κ2) is 7.68. The minimum Gasteiger partial charge on any atom is -0.433 e. The highest BCUT2D eigenvalue weighted by atomic mass is 32.2. The molecule has 0 saturated carbocycles. The zero-order valence-electron chi connectivity index (χ0n) is 15.1. The van der Waals surface area contributed by atoms with E-state index in [-0.39, 0.29) is 29.7 Å². The summed E-state index contributed by atoms with van der Waals surface area (Å²) in [6, 6.07) is 9.51. The number of piperidine rings is 1. The van der Waals surface area contributed by atoms with Gasteiger partial charge in [0.15, 0.2) is 5.58 Å². The van der Waals surface area contributed by atoms with E-state index in [2.05, 4.69) is 9.89 Å². The number of sulfonamides is 1. The van der Waals surface area contributed by atoms with Crippen molar-refractivity contribution in [2.75, 3.05) is 13.1 Å². The van der Waals surface area contributed by atoms with E-state index in [4.69, 9.17) is 4.52 Å². The van der Waals surface area contributed by atoms with Crippen LogP contribution in [0.25, 0.3) is 11.0 Å². The zero-order chi connectivity index (χ0) is 20.6. The van der Waals surface area contributed by atoms with E-state index in [1.165, 1.54) is 40.7 Å². The van der Waals surface area contributed by atoms with Crippen LogP contribution in [0.1, 0.15) is 24.5 Å². The molecule has 3 aromatic rings. The highest BCUT2D eigenvalue weighted by Gasteiger charge is 2.33. The van der Waals surface area contributed by atoms with Gasteiger partial charge in [-0.25, -0.2) is 12.8 Å². The molecule has 0 aliphatic carbocycles. The van der Waals surface area contributed by atoms with Crippen molar-refractivity contribution >= 4 is 21.0 Å². The molecular weight excluding hydrogens is 409 g/mol. The van der Waals surface area contributed by atoms with Gasteiger partial charge >= 0.3 is 6.61 Å². The van der Waals surface area contributed by atoms with Gasteiger partial charge in [0.05, 0.1) is 5.69 Å². The van der Waals surface area contributed by atoms with E-state index in [1.807, 2.05) is 0 Å². The van der Waals surface area contributed by atoms with Crippen LogP contribution in [0.15, 0.2) is 51.9 Å². The summed E-state index contributed by atoms with van der Waals surface area (Å²) in [6.07, 6.45) is 0.937. The van der Waals surface area contributed by atoms with Crippen LogP contribution in [-0.2, 0) is 10.0 Å². The van der Waals surface area contributed by atoms with E-state index in [0.29, 0.717) is 29.5 Å². The highest BCUT2D eigenvalue weighted by molar-refractivity contribution is 7.89. The monoisotopic (exact) mass is 426 g/mol. The molecule has 2 heterocycles. The molecular formula is C19H17F3N2O4S. The normalized spacial score (nSPS) is 16.6. The molecule has 1 aromatic heterocycles. The lowest BCUT2D eigenvalue weighted by molar-refractivity contribution is -0.0518. The third-order valence-corrected chi connectivity index (χ3v) is 6.92. The number of halogens is 3. The maximum absolute atomic E-state index is 13.3. The molecule has 1 fully saturated rings. The molecule has 29 heavy (non-hydrogen) atoms. The fourth-order valence-electron chi connectivity index (χ4n) is 3.59. The lowest BCUT2D eigenvalue weighted by Gasteiger charge is -2.30. The Labute approximate surface area is 164 Å². The second-order valence-corrected chi connectivity index (χ2v) is 8.62. The Balaban J connectivity index is 1.53. The van der Waals surface area contributed by atoms with Crippen molar-refractivity contribution in [3.05, 3.63) is 54.0 Å². The summed E-state index contributed by atoms with van der Waals surface area (Å²) >= 11 is 0. The third-order valence-electron chi connectivity index (χ3n) is 4.99. The Morgan fingerprint density at radius 2 is 1.86 bits per heavy atom. The van der Waals surface area contributed by atoms with Crippen LogP contribution in [-0.4, -0.2) is 37.6 Å². The Kier molecular flexibility index (Phi) is 5.22. The van der Waals surface area contributed by atoms with Crippen molar-refractivity contribution in [3.63, 3.8) is 0 Å². The van der Waals surface area contributed by atoms with Crippen LogP contribution in [0.4, 0.5) is 13.2 Å². The molecule has 0 spiro atoms. The summed E-state index contributed by atoms with van der Waals surface area (Å²) < 4.78 is 75.3. The molecule has 0 bridgehead atoms. The van der Waals surface area contributed by atoms with Crippen LogP contribution < -0.4 is 4.74 Å². The summed E-state index contributed by atoms with van der Waals surface area (Å²) in [6.45, 7) is -2.75. The Morgan fingerprint density at radius 1 is 1.14 bits per heavy atom.